The summed E-state index contributed by atoms with van der Waals surface area (Å²) in [4.78, 5) is 4.67. The van der Waals surface area contributed by atoms with Crippen molar-refractivity contribution >= 4 is 0 Å². The Hall–Kier alpha value is -0.120. The van der Waals surface area contributed by atoms with Crippen molar-refractivity contribution in [3.05, 3.63) is 0 Å². The van der Waals surface area contributed by atoms with Crippen molar-refractivity contribution in [2.24, 2.45) is 0 Å². The van der Waals surface area contributed by atoms with Crippen molar-refractivity contribution in [1.82, 2.24) is 9.80 Å². The summed E-state index contributed by atoms with van der Waals surface area (Å²) in [6.45, 7) is 6.45. The number of piperidine rings is 1. The molecule has 0 aliphatic carbocycles. The molecule has 1 fully saturated rings. The van der Waals surface area contributed by atoms with Gasteiger partial charge in [-0.15, -0.1) is 0 Å². The van der Waals surface area contributed by atoms with Crippen LogP contribution < -0.4 is 0 Å². The summed E-state index contributed by atoms with van der Waals surface area (Å²) in [5.74, 6) is 0. The van der Waals surface area contributed by atoms with Crippen molar-refractivity contribution in [3.8, 4) is 0 Å². The molecular weight excluding hydrogens is 176 g/mol. The number of likely N-dealkylation sites (tertiary alicyclic amines) is 1. The first-order valence-corrected chi connectivity index (χ1v) is 5.74. The van der Waals surface area contributed by atoms with Gasteiger partial charge in [-0.2, -0.15) is 0 Å². The average molecular weight is 200 g/mol. The highest BCUT2D eigenvalue weighted by atomic mass is 16.5. The largest absolute Gasteiger partial charge is 0.379 e. The number of ether oxygens (including phenoxy) is 1. The van der Waals surface area contributed by atoms with E-state index in [9.17, 15) is 0 Å². The molecule has 0 atom stereocenters. The van der Waals surface area contributed by atoms with E-state index < -0.39 is 0 Å². The maximum absolute atomic E-state index is 5.56. The minimum absolute atomic E-state index is 0.862. The molecule has 0 N–H and O–H groups in total. The second kappa shape index (κ2) is 7.21. The molecule has 1 heterocycles. The van der Waals surface area contributed by atoms with Crippen LogP contribution in [-0.2, 0) is 4.74 Å². The lowest BCUT2D eigenvalue weighted by molar-refractivity contribution is 0.0866. The minimum Gasteiger partial charge on any atom is -0.379 e. The van der Waals surface area contributed by atoms with Gasteiger partial charge in [0.05, 0.1) is 13.2 Å². The molecule has 3 nitrogen and oxygen atoms in total. The van der Waals surface area contributed by atoms with Crippen molar-refractivity contribution in [1.29, 1.82) is 0 Å². The number of nitrogens with zero attached hydrogens (tertiary/aromatic N) is 2. The predicted molar refractivity (Wildman–Crippen MR) is 59.7 cm³/mol. The van der Waals surface area contributed by atoms with Gasteiger partial charge in [0.15, 0.2) is 0 Å². The normalized spacial score (nSPS) is 19.1. The molecule has 0 aromatic heterocycles. The molecule has 1 saturated heterocycles. The van der Waals surface area contributed by atoms with Crippen LogP contribution in [0.5, 0.6) is 0 Å². The fourth-order valence-electron chi connectivity index (χ4n) is 1.73. The van der Waals surface area contributed by atoms with Crippen LogP contribution in [0.25, 0.3) is 0 Å². The lowest BCUT2D eigenvalue weighted by Gasteiger charge is -2.26. The molecule has 0 aromatic rings. The maximum Gasteiger partial charge on any atom is 0.0594 e. The maximum atomic E-state index is 5.56. The van der Waals surface area contributed by atoms with Crippen molar-refractivity contribution in [2.75, 3.05) is 53.5 Å². The van der Waals surface area contributed by atoms with E-state index in [0.717, 1.165) is 26.3 Å². The minimum atomic E-state index is 0.862. The quantitative estimate of drug-likeness (QED) is 0.596. The van der Waals surface area contributed by atoms with Gasteiger partial charge in [0.2, 0.25) is 0 Å². The SMILES string of the molecule is CN(C)CCOCCN1CCCCC1. The van der Waals surface area contributed by atoms with Crippen molar-refractivity contribution in [2.45, 2.75) is 19.3 Å². The predicted octanol–water partition coefficient (Wildman–Crippen LogP) is 1.05. The summed E-state index contributed by atoms with van der Waals surface area (Å²) in [6, 6.07) is 0. The van der Waals surface area contributed by atoms with E-state index >= 15 is 0 Å². The average Bonchev–Trinajstić information content (AvgIpc) is 2.18. The first kappa shape index (κ1) is 12.0. The number of hydrogen-bond donors (Lipinski definition) is 0. The van der Waals surface area contributed by atoms with Crippen molar-refractivity contribution < 1.29 is 4.74 Å². The Morgan fingerprint density at radius 1 is 1.07 bits per heavy atom. The van der Waals surface area contributed by atoms with Crippen LogP contribution in [0, 0.1) is 0 Å². The van der Waals surface area contributed by atoms with Gasteiger partial charge in [-0.3, -0.25) is 0 Å². The molecule has 1 rings (SSSR count). The van der Waals surface area contributed by atoms with Crippen molar-refractivity contribution in [3.63, 3.8) is 0 Å². The fraction of sp³-hybridized carbons (Fsp3) is 1.00. The molecule has 1 aliphatic rings. The Morgan fingerprint density at radius 3 is 2.43 bits per heavy atom. The van der Waals surface area contributed by atoms with Crippen LogP contribution in [0.4, 0.5) is 0 Å². The monoisotopic (exact) mass is 200 g/mol. The van der Waals surface area contributed by atoms with E-state index in [1.165, 1.54) is 32.4 Å². The third kappa shape index (κ3) is 5.58. The Labute approximate surface area is 88.0 Å². The van der Waals surface area contributed by atoms with Gasteiger partial charge in [0, 0.05) is 13.1 Å². The smallest absolute Gasteiger partial charge is 0.0594 e. The summed E-state index contributed by atoms with van der Waals surface area (Å²) in [6.07, 6.45) is 4.16. The van der Waals surface area contributed by atoms with Gasteiger partial charge < -0.3 is 14.5 Å². The summed E-state index contributed by atoms with van der Waals surface area (Å²) in [7, 11) is 4.15. The highest BCUT2D eigenvalue weighted by Crippen LogP contribution is 2.07. The highest BCUT2D eigenvalue weighted by molar-refractivity contribution is 4.63. The Kier molecular flexibility index (Phi) is 6.15. The molecule has 0 spiro atoms. The molecule has 0 aromatic carbocycles. The van der Waals surface area contributed by atoms with E-state index in [2.05, 4.69) is 23.9 Å². The summed E-state index contributed by atoms with van der Waals surface area (Å²) in [5.41, 5.74) is 0. The molecule has 0 radical (unpaired) electrons. The summed E-state index contributed by atoms with van der Waals surface area (Å²) in [5, 5.41) is 0. The molecule has 0 saturated carbocycles. The number of rotatable bonds is 6. The van der Waals surface area contributed by atoms with Gasteiger partial charge in [0.1, 0.15) is 0 Å². The molecule has 84 valence electrons. The zero-order chi connectivity index (χ0) is 10.2. The van der Waals surface area contributed by atoms with Crippen LogP contribution >= 0.6 is 0 Å². The summed E-state index contributed by atoms with van der Waals surface area (Å²) < 4.78 is 5.56. The van der Waals surface area contributed by atoms with Gasteiger partial charge >= 0.3 is 0 Å². The standard InChI is InChI=1S/C11H24N2O/c1-12(2)8-10-14-11-9-13-6-4-3-5-7-13/h3-11H2,1-2H3. The molecule has 14 heavy (non-hydrogen) atoms. The molecule has 0 amide bonds. The fourth-order valence-corrected chi connectivity index (χ4v) is 1.73. The van der Waals surface area contributed by atoms with Crippen LogP contribution in [0.1, 0.15) is 19.3 Å². The Balaban J connectivity index is 1.87. The topological polar surface area (TPSA) is 15.7 Å². The van der Waals surface area contributed by atoms with Gasteiger partial charge in [-0.05, 0) is 40.0 Å². The number of likely N-dealkylation sites (N-methyl/N-ethyl adjacent to an activating group) is 1. The third-order valence-corrected chi connectivity index (χ3v) is 2.68. The zero-order valence-electron chi connectivity index (χ0n) is 9.67. The van der Waals surface area contributed by atoms with E-state index in [1.807, 2.05) is 0 Å². The van der Waals surface area contributed by atoms with E-state index in [-0.39, 0.29) is 0 Å². The first-order chi connectivity index (χ1) is 6.79. The van der Waals surface area contributed by atoms with E-state index in [4.69, 9.17) is 4.74 Å². The van der Waals surface area contributed by atoms with Gasteiger partial charge in [-0.25, -0.2) is 0 Å². The van der Waals surface area contributed by atoms with Gasteiger partial charge in [-0.1, -0.05) is 6.42 Å². The highest BCUT2D eigenvalue weighted by Gasteiger charge is 2.08. The first-order valence-electron chi connectivity index (χ1n) is 5.74. The third-order valence-electron chi connectivity index (χ3n) is 2.68. The molecule has 0 unspecified atom stereocenters. The Bertz CT molecular complexity index is 133. The Morgan fingerprint density at radius 2 is 1.79 bits per heavy atom. The van der Waals surface area contributed by atoms with Crippen LogP contribution in [0.2, 0.25) is 0 Å². The zero-order valence-corrected chi connectivity index (χ0v) is 9.67. The van der Waals surface area contributed by atoms with E-state index in [1.54, 1.807) is 0 Å². The molecule has 3 heteroatoms. The van der Waals surface area contributed by atoms with Crippen LogP contribution in [0.3, 0.4) is 0 Å². The van der Waals surface area contributed by atoms with Gasteiger partial charge in [0.25, 0.3) is 0 Å². The van der Waals surface area contributed by atoms with Crippen LogP contribution in [-0.4, -0.2) is 63.3 Å². The lowest BCUT2D eigenvalue weighted by Crippen LogP contribution is -2.33. The molecule has 1 aliphatic heterocycles. The second-order valence-electron chi connectivity index (χ2n) is 4.32. The second-order valence-corrected chi connectivity index (χ2v) is 4.32. The number of hydrogen-bond acceptors (Lipinski definition) is 3. The molecular formula is C11H24N2O. The van der Waals surface area contributed by atoms with E-state index in [0.29, 0.717) is 0 Å². The lowest BCUT2D eigenvalue weighted by atomic mass is 10.1. The summed E-state index contributed by atoms with van der Waals surface area (Å²) >= 11 is 0. The van der Waals surface area contributed by atoms with Crippen LogP contribution in [0.15, 0.2) is 0 Å². The molecule has 0 bridgehead atoms.